The molecule has 0 saturated carbocycles. The maximum absolute atomic E-state index is 13.1. The standard InChI is InChI=1S/C37H39N7O3/c1-42-25-31(21-33(42)36(46)38-16-19-44-17-6-3-7-18-44)41-37(47)34-22-30(24-43(34)2)40-35(45)28-14-12-26(13-15-28)10-11-27-20-29-8-4-5-9-32(29)39-23-27/h4-5,8-15,20-25H,3,6-7,16-19H2,1-2H3,(H,38,46)(H,40,45)(H,41,47)/b11-10+. The highest BCUT2D eigenvalue weighted by Gasteiger charge is 2.18. The van der Waals surface area contributed by atoms with Crippen molar-refractivity contribution < 1.29 is 14.4 Å². The number of fused-ring (bicyclic) bond motifs is 1. The summed E-state index contributed by atoms with van der Waals surface area (Å²) in [5.74, 6) is -0.815. The third-order valence-electron chi connectivity index (χ3n) is 8.41. The van der Waals surface area contributed by atoms with E-state index in [0.717, 1.165) is 41.7 Å². The van der Waals surface area contributed by atoms with Gasteiger partial charge in [0.15, 0.2) is 0 Å². The highest BCUT2D eigenvalue weighted by atomic mass is 16.2. The third kappa shape index (κ3) is 7.85. The fraction of sp³-hybridized carbons (Fsp3) is 0.243. The Kier molecular flexibility index (Phi) is 9.59. The number of likely N-dealkylation sites (tertiary alicyclic amines) is 1. The SMILES string of the molecule is Cn1cc(NC(=O)c2cc(NC(=O)c3ccc(/C=C/c4cnc5ccccc5c4)cc3)cn2C)cc1C(=O)NCCN1CCCCC1. The number of carbonyl (C=O) groups is 3. The summed E-state index contributed by atoms with van der Waals surface area (Å²) in [6.07, 6.45) is 12.9. The van der Waals surface area contributed by atoms with E-state index in [-0.39, 0.29) is 17.7 Å². The Balaban J connectivity index is 1.02. The van der Waals surface area contributed by atoms with Crippen molar-refractivity contribution in [3.8, 4) is 0 Å². The number of amides is 3. The molecule has 10 heteroatoms. The molecule has 0 atom stereocenters. The van der Waals surface area contributed by atoms with Crippen LogP contribution in [-0.4, -0.2) is 62.9 Å². The first kappa shape index (κ1) is 31.5. The summed E-state index contributed by atoms with van der Waals surface area (Å²) in [4.78, 5) is 45.8. The molecule has 4 heterocycles. The van der Waals surface area contributed by atoms with Gasteiger partial charge < -0.3 is 30.0 Å². The molecule has 1 fully saturated rings. The molecule has 0 unspecified atom stereocenters. The van der Waals surface area contributed by atoms with Gasteiger partial charge in [-0.25, -0.2) is 0 Å². The van der Waals surface area contributed by atoms with Gasteiger partial charge in [-0.2, -0.15) is 0 Å². The molecular weight excluding hydrogens is 590 g/mol. The summed E-state index contributed by atoms with van der Waals surface area (Å²) in [6, 6.07) is 20.7. The number of aryl methyl sites for hydroxylation is 2. The molecule has 3 amide bonds. The Hall–Kier alpha value is -5.48. The van der Waals surface area contributed by atoms with E-state index in [4.69, 9.17) is 0 Å². The molecule has 3 N–H and O–H groups in total. The van der Waals surface area contributed by atoms with Crippen LogP contribution in [0.5, 0.6) is 0 Å². The van der Waals surface area contributed by atoms with Crippen molar-refractivity contribution >= 4 is 52.2 Å². The summed E-state index contributed by atoms with van der Waals surface area (Å²) in [6.45, 7) is 3.57. The fourth-order valence-corrected chi connectivity index (χ4v) is 5.83. The Morgan fingerprint density at radius 3 is 2.11 bits per heavy atom. The number of nitrogens with one attached hydrogen (secondary N) is 3. The van der Waals surface area contributed by atoms with E-state index < -0.39 is 0 Å². The molecule has 0 aliphatic carbocycles. The molecule has 2 aromatic carbocycles. The smallest absolute Gasteiger partial charge is 0.272 e. The second kappa shape index (κ2) is 14.3. The van der Waals surface area contributed by atoms with Gasteiger partial charge in [0.25, 0.3) is 17.7 Å². The number of aromatic nitrogens is 3. The Morgan fingerprint density at radius 2 is 1.38 bits per heavy atom. The van der Waals surface area contributed by atoms with Gasteiger partial charge in [0.1, 0.15) is 11.4 Å². The lowest BCUT2D eigenvalue weighted by molar-refractivity contribution is 0.0937. The molecule has 3 aromatic heterocycles. The van der Waals surface area contributed by atoms with Gasteiger partial charge in [0.2, 0.25) is 0 Å². The Bertz CT molecular complexity index is 1930. The van der Waals surface area contributed by atoms with Crippen molar-refractivity contribution in [3.05, 3.63) is 113 Å². The molecule has 1 aliphatic heterocycles. The fourth-order valence-electron chi connectivity index (χ4n) is 5.83. The highest BCUT2D eigenvalue weighted by molar-refractivity contribution is 6.07. The average Bonchev–Trinajstić information content (AvgIpc) is 3.64. The predicted octanol–water partition coefficient (Wildman–Crippen LogP) is 5.80. The van der Waals surface area contributed by atoms with Gasteiger partial charge in [0.05, 0.1) is 16.9 Å². The highest BCUT2D eigenvalue weighted by Crippen LogP contribution is 2.19. The number of hydrogen-bond donors (Lipinski definition) is 3. The number of nitrogens with zero attached hydrogens (tertiary/aromatic N) is 4. The van der Waals surface area contributed by atoms with Crippen molar-refractivity contribution in [2.24, 2.45) is 14.1 Å². The van der Waals surface area contributed by atoms with Crippen LogP contribution < -0.4 is 16.0 Å². The first-order valence-electron chi connectivity index (χ1n) is 15.9. The maximum Gasteiger partial charge on any atom is 0.272 e. The quantitative estimate of drug-likeness (QED) is 0.181. The molecule has 1 aliphatic rings. The van der Waals surface area contributed by atoms with Crippen molar-refractivity contribution in [2.45, 2.75) is 19.3 Å². The topological polar surface area (TPSA) is 113 Å². The van der Waals surface area contributed by atoms with Gasteiger partial charge in [-0.1, -0.05) is 48.9 Å². The van der Waals surface area contributed by atoms with Gasteiger partial charge in [-0.3, -0.25) is 19.4 Å². The van der Waals surface area contributed by atoms with Gasteiger partial charge in [-0.05, 0) is 73.5 Å². The zero-order chi connectivity index (χ0) is 32.8. The molecular formula is C37H39N7O3. The number of piperidine rings is 1. The summed E-state index contributed by atoms with van der Waals surface area (Å²) >= 11 is 0. The van der Waals surface area contributed by atoms with Gasteiger partial charge in [0, 0.05) is 56.7 Å². The van der Waals surface area contributed by atoms with Gasteiger partial charge in [-0.15, -0.1) is 0 Å². The third-order valence-corrected chi connectivity index (χ3v) is 8.41. The minimum atomic E-state index is -0.353. The molecule has 6 rings (SSSR count). The minimum absolute atomic E-state index is 0.180. The van der Waals surface area contributed by atoms with Gasteiger partial charge >= 0.3 is 0 Å². The Labute approximate surface area is 274 Å². The number of anilines is 2. The monoisotopic (exact) mass is 629 g/mol. The second-order valence-electron chi connectivity index (χ2n) is 11.9. The number of benzene rings is 2. The zero-order valence-electron chi connectivity index (χ0n) is 26.7. The minimum Gasteiger partial charge on any atom is -0.349 e. The summed E-state index contributed by atoms with van der Waals surface area (Å²) < 4.78 is 3.35. The van der Waals surface area contributed by atoms with E-state index in [2.05, 4.69) is 31.9 Å². The van der Waals surface area contributed by atoms with Crippen molar-refractivity contribution in [2.75, 3.05) is 36.8 Å². The van der Waals surface area contributed by atoms with E-state index in [9.17, 15) is 14.4 Å². The van der Waals surface area contributed by atoms with Crippen LogP contribution in [0, 0.1) is 0 Å². The number of rotatable bonds is 10. The lowest BCUT2D eigenvalue weighted by Crippen LogP contribution is -2.38. The number of hydrogen-bond acceptors (Lipinski definition) is 5. The second-order valence-corrected chi connectivity index (χ2v) is 11.9. The van der Waals surface area contributed by atoms with Crippen LogP contribution in [0.4, 0.5) is 11.4 Å². The summed E-state index contributed by atoms with van der Waals surface area (Å²) in [7, 11) is 3.51. The molecule has 0 radical (unpaired) electrons. The van der Waals surface area contributed by atoms with Crippen LogP contribution in [0.15, 0.2) is 85.3 Å². The molecule has 0 spiro atoms. The first-order chi connectivity index (χ1) is 22.8. The summed E-state index contributed by atoms with van der Waals surface area (Å²) in [5, 5.41) is 9.81. The lowest BCUT2D eigenvalue weighted by Gasteiger charge is -2.26. The number of pyridine rings is 1. The largest absolute Gasteiger partial charge is 0.349 e. The number of para-hydroxylation sites is 1. The lowest BCUT2D eigenvalue weighted by atomic mass is 10.1. The van der Waals surface area contributed by atoms with E-state index in [1.807, 2.05) is 54.7 Å². The molecule has 240 valence electrons. The van der Waals surface area contributed by atoms with Crippen molar-refractivity contribution in [1.82, 2.24) is 24.3 Å². The maximum atomic E-state index is 13.1. The molecule has 1 saturated heterocycles. The molecule has 5 aromatic rings. The Morgan fingerprint density at radius 1 is 0.745 bits per heavy atom. The van der Waals surface area contributed by atoms with E-state index >= 15 is 0 Å². The van der Waals surface area contributed by atoms with Crippen LogP contribution >= 0.6 is 0 Å². The van der Waals surface area contributed by atoms with E-state index in [1.165, 1.54) is 19.3 Å². The normalized spacial score (nSPS) is 13.6. The predicted molar refractivity (Wildman–Crippen MR) is 186 cm³/mol. The molecule has 47 heavy (non-hydrogen) atoms. The number of carbonyl (C=O) groups excluding carboxylic acids is 3. The van der Waals surface area contributed by atoms with E-state index in [1.54, 1.807) is 59.9 Å². The van der Waals surface area contributed by atoms with Crippen molar-refractivity contribution in [3.63, 3.8) is 0 Å². The van der Waals surface area contributed by atoms with E-state index in [0.29, 0.717) is 34.9 Å². The summed E-state index contributed by atoms with van der Waals surface area (Å²) in [5.41, 5.74) is 5.23. The average molecular weight is 630 g/mol. The molecule has 10 nitrogen and oxygen atoms in total. The van der Waals surface area contributed by atoms with Crippen LogP contribution in [0.2, 0.25) is 0 Å². The first-order valence-corrected chi connectivity index (χ1v) is 15.9. The van der Waals surface area contributed by atoms with Crippen LogP contribution in [-0.2, 0) is 14.1 Å². The van der Waals surface area contributed by atoms with Crippen LogP contribution in [0.1, 0.15) is 61.7 Å². The van der Waals surface area contributed by atoms with Crippen LogP contribution in [0.3, 0.4) is 0 Å². The van der Waals surface area contributed by atoms with Crippen LogP contribution in [0.25, 0.3) is 23.1 Å². The van der Waals surface area contributed by atoms with Crippen molar-refractivity contribution in [1.29, 1.82) is 0 Å². The molecule has 0 bridgehead atoms. The zero-order valence-corrected chi connectivity index (χ0v) is 26.7.